The van der Waals surface area contributed by atoms with Crippen molar-refractivity contribution in [3.05, 3.63) is 65.2 Å². The van der Waals surface area contributed by atoms with Gasteiger partial charge in [0.1, 0.15) is 5.75 Å². The van der Waals surface area contributed by atoms with Gasteiger partial charge in [-0.3, -0.25) is 0 Å². The van der Waals surface area contributed by atoms with E-state index < -0.39 is 11.7 Å². The van der Waals surface area contributed by atoms with Crippen molar-refractivity contribution in [2.24, 2.45) is 0 Å². The Kier molecular flexibility index (Phi) is 4.53. The van der Waals surface area contributed by atoms with Crippen LogP contribution < -0.4 is 5.32 Å². The molecule has 1 unspecified atom stereocenters. The number of phenols is 1. The normalized spacial score (nSPS) is 13.1. The zero-order valence-electron chi connectivity index (χ0n) is 11.5. The first-order chi connectivity index (χ1) is 9.88. The molecule has 2 nitrogen and oxygen atoms in total. The summed E-state index contributed by atoms with van der Waals surface area (Å²) in [5.74, 6) is 0.161. The molecule has 0 fully saturated rings. The molecule has 0 spiro atoms. The van der Waals surface area contributed by atoms with Crippen molar-refractivity contribution in [3.8, 4) is 5.75 Å². The van der Waals surface area contributed by atoms with Crippen molar-refractivity contribution in [2.45, 2.75) is 25.7 Å². The number of benzene rings is 2. The molecule has 0 aliphatic heterocycles. The lowest BCUT2D eigenvalue weighted by Gasteiger charge is -2.17. The fourth-order valence-electron chi connectivity index (χ4n) is 2.09. The molecule has 0 radical (unpaired) electrons. The fourth-order valence-corrected chi connectivity index (χ4v) is 2.09. The lowest BCUT2D eigenvalue weighted by atomic mass is 10.1. The molecule has 0 aliphatic rings. The summed E-state index contributed by atoms with van der Waals surface area (Å²) in [7, 11) is 0. The molecule has 0 bridgehead atoms. The van der Waals surface area contributed by atoms with Gasteiger partial charge in [0.15, 0.2) is 0 Å². The van der Waals surface area contributed by atoms with E-state index in [-0.39, 0.29) is 23.9 Å². The lowest BCUT2D eigenvalue weighted by Crippen LogP contribution is -2.20. The Balaban J connectivity index is 2.08. The second-order valence-electron chi connectivity index (χ2n) is 4.85. The molecular formula is C16H16F3NO. The lowest BCUT2D eigenvalue weighted by molar-refractivity contribution is -0.138. The zero-order valence-corrected chi connectivity index (χ0v) is 11.5. The maximum atomic E-state index is 12.9. The van der Waals surface area contributed by atoms with Crippen LogP contribution in [-0.4, -0.2) is 5.11 Å². The fraction of sp³-hybridized carbons (Fsp3) is 0.250. The second kappa shape index (κ2) is 6.18. The largest absolute Gasteiger partial charge is 0.508 e. The topological polar surface area (TPSA) is 32.3 Å². The smallest absolute Gasteiger partial charge is 0.416 e. The van der Waals surface area contributed by atoms with E-state index in [1.54, 1.807) is 30.3 Å². The first-order valence-electron chi connectivity index (χ1n) is 6.55. The van der Waals surface area contributed by atoms with Crippen molar-refractivity contribution in [1.82, 2.24) is 5.32 Å². The second-order valence-corrected chi connectivity index (χ2v) is 4.85. The van der Waals surface area contributed by atoms with Gasteiger partial charge in [0, 0.05) is 12.6 Å². The minimum absolute atomic E-state index is 0.119. The third-order valence-corrected chi connectivity index (χ3v) is 3.31. The molecule has 21 heavy (non-hydrogen) atoms. The molecule has 2 aromatic rings. The standard InChI is InChI=1S/C16H16F3NO/c1-11(12-6-8-14(21)9-7-12)20-10-13-4-2-3-5-15(13)16(17,18)19/h2-9,11,20-21H,10H2,1H3. The number of hydrogen-bond acceptors (Lipinski definition) is 2. The average Bonchev–Trinajstić information content (AvgIpc) is 2.45. The van der Waals surface area contributed by atoms with Gasteiger partial charge in [0.25, 0.3) is 0 Å². The van der Waals surface area contributed by atoms with Crippen LogP contribution >= 0.6 is 0 Å². The summed E-state index contributed by atoms with van der Waals surface area (Å²) in [4.78, 5) is 0. The van der Waals surface area contributed by atoms with E-state index in [2.05, 4.69) is 5.32 Å². The summed E-state index contributed by atoms with van der Waals surface area (Å²) in [5, 5.41) is 12.3. The summed E-state index contributed by atoms with van der Waals surface area (Å²) in [6, 6.07) is 12.0. The molecular weight excluding hydrogens is 279 g/mol. The van der Waals surface area contributed by atoms with Crippen molar-refractivity contribution < 1.29 is 18.3 Å². The molecule has 112 valence electrons. The number of rotatable bonds is 4. The Labute approximate surface area is 121 Å². The SMILES string of the molecule is CC(NCc1ccccc1C(F)(F)F)c1ccc(O)cc1. The van der Waals surface area contributed by atoms with Crippen LogP contribution in [-0.2, 0) is 12.7 Å². The van der Waals surface area contributed by atoms with Gasteiger partial charge in [-0.05, 0) is 36.2 Å². The van der Waals surface area contributed by atoms with E-state index in [9.17, 15) is 18.3 Å². The summed E-state index contributed by atoms with van der Waals surface area (Å²) in [6.45, 7) is 1.99. The summed E-state index contributed by atoms with van der Waals surface area (Å²) in [6.07, 6.45) is -4.35. The summed E-state index contributed by atoms with van der Waals surface area (Å²) < 4.78 is 38.7. The van der Waals surface area contributed by atoms with Gasteiger partial charge in [-0.15, -0.1) is 0 Å². The van der Waals surface area contributed by atoms with Gasteiger partial charge in [0.2, 0.25) is 0 Å². The predicted molar refractivity (Wildman–Crippen MR) is 74.8 cm³/mol. The van der Waals surface area contributed by atoms with E-state index in [1.165, 1.54) is 12.1 Å². The number of alkyl halides is 3. The molecule has 2 aromatic carbocycles. The first kappa shape index (κ1) is 15.4. The molecule has 5 heteroatoms. The van der Waals surface area contributed by atoms with Crippen LogP contribution in [0.1, 0.15) is 29.7 Å². The highest BCUT2D eigenvalue weighted by Gasteiger charge is 2.32. The monoisotopic (exact) mass is 295 g/mol. The first-order valence-corrected chi connectivity index (χ1v) is 6.55. The average molecular weight is 295 g/mol. The minimum Gasteiger partial charge on any atom is -0.508 e. The van der Waals surface area contributed by atoms with E-state index >= 15 is 0 Å². The minimum atomic E-state index is -4.35. The molecule has 2 rings (SSSR count). The number of aromatic hydroxyl groups is 1. The van der Waals surface area contributed by atoms with Crippen molar-refractivity contribution in [1.29, 1.82) is 0 Å². The van der Waals surface area contributed by atoms with Gasteiger partial charge >= 0.3 is 6.18 Å². The quantitative estimate of drug-likeness (QED) is 0.883. The predicted octanol–water partition coefficient (Wildman–Crippen LogP) is 4.26. The van der Waals surface area contributed by atoms with Crippen molar-refractivity contribution in [2.75, 3.05) is 0 Å². The molecule has 0 aliphatic carbocycles. The van der Waals surface area contributed by atoms with Gasteiger partial charge in [-0.25, -0.2) is 0 Å². The molecule has 0 amide bonds. The summed E-state index contributed by atoms with van der Waals surface area (Å²) >= 11 is 0. The maximum absolute atomic E-state index is 12.9. The highest BCUT2D eigenvalue weighted by molar-refractivity contribution is 5.30. The van der Waals surface area contributed by atoms with Crippen LogP contribution in [0.15, 0.2) is 48.5 Å². The molecule has 0 saturated heterocycles. The Hall–Kier alpha value is -2.01. The van der Waals surface area contributed by atoms with E-state index in [0.717, 1.165) is 11.6 Å². The zero-order chi connectivity index (χ0) is 15.5. The Morgan fingerprint density at radius 1 is 1.05 bits per heavy atom. The molecule has 2 N–H and O–H groups in total. The van der Waals surface area contributed by atoms with Crippen molar-refractivity contribution >= 4 is 0 Å². The van der Waals surface area contributed by atoms with Crippen LogP contribution in [0.3, 0.4) is 0 Å². The van der Waals surface area contributed by atoms with E-state index in [0.29, 0.717) is 0 Å². The van der Waals surface area contributed by atoms with Crippen molar-refractivity contribution in [3.63, 3.8) is 0 Å². The van der Waals surface area contributed by atoms with Gasteiger partial charge in [0.05, 0.1) is 5.56 Å². The maximum Gasteiger partial charge on any atom is 0.416 e. The van der Waals surface area contributed by atoms with Crippen LogP contribution in [0.2, 0.25) is 0 Å². The Morgan fingerprint density at radius 2 is 1.67 bits per heavy atom. The van der Waals surface area contributed by atoms with Gasteiger partial charge < -0.3 is 10.4 Å². The van der Waals surface area contributed by atoms with Crippen LogP contribution in [0.4, 0.5) is 13.2 Å². The third kappa shape index (κ3) is 3.98. The summed E-state index contributed by atoms with van der Waals surface area (Å²) in [5.41, 5.74) is 0.503. The molecule has 1 atom stereocenters. The molecule has 0 aromatic heterocycles. The number of hydrogen-bond donors (Lipinski definition) is 2. The van der Waals surface area contributed by atoms with E-state index in [4.69, 9.17) is 0 Å². The number of nitrogens with one attached hydrogen (secondary N) is 1. The van der Waals surface area contributed by atoms with E-state index in [1.807, 2.05) is 6.92 Å². The van der Waals surface area contributed by atoms with Crippen LogP contribution in [0.25, 0.3) is 0 Å². The molecule has 0 heterocycles. The Bertz CT molecular complexity index is 593. The highest BCUT2D eigenvalue weighted by Crippen LogP contribution is 2.32. The van der Waals surface area contributed by atoms with Gasteiger partial charge in [-0.1, -0.05) is 30.3 Å². The van der Waals surface area contributed by atoms with Crippen LogP contribution in [0, 0.1) is 0 Å². The number of halogens is 3. The van der Waals surface area contributed by atoms with Crippen LogP contribution in [0.5, 0.6) is 5.75 Å². The number of phenolic OH excluding ortho intramolecular Hbond substituents is 1. The highest BCUT2D eigenvalue weighted by atomic mass is 19.4. The van der Waals surface area contributed by atoms with Gasteiger partial charge in [-0.2, -0.15) is 13.2 Å². The third-order valence-electron chi connectivity index (χ3n) is 3.31. The Morgan fingerprint density at radius 3 is 2.29 bits per heavy atom. The molecule has 0 saturated carbocycles.